The first kappa shape index (κ1) is 22.3. The van der Waals surface area contributed by atoms with E-state index in [0.717, 1.165) is 36.4 Å². The third kappa shape index (κ3) is 2.70. The molecule has 4 atom stereocenters. The first-order chi connectivity index (χ1) is 15.5. The molecule has 0 saturated carbocycles. The number of nitrogens with zero attached hydrogens (tertiary/aromatic N) is 3. The van der Waals surface area contributed by atoms with Crippen molar-refractivity contribution in [2.45, 2.75) is 25.0 Å². The molecular weight excluding hydrogens is 440 g/mol. The first-order valence-corrected chi connectivity index (χ1v) is 9.65. The fourth-order valence-electron chi connectivity index (χ4n) is 4.70. The van der Waals surface area contributed by atoms with Crippen molar-refractivity contribution in [3.05, 3.63) is 71.0 Å². The van der Waals surface area contributed by atoms with E-state index in [-0.39, 0.29) is 11.1 Å². The Hall–Kier alpha value is -3.94. The number of rotatable bonds is 2. The Morgan fingerprint density at radius 1 is 0.939 bits per heavy atom. The van der Waals surface area contributed by atoms with Gasteiger partial charge in [-0.25, -0.2) is 4.39 Å². The Labute approximate surface area is 185 Å². The maximum absolute atomic E-state index is 13.6. The molecule has 2 heterocycles. The summed E-state index contributed by atoms with van der Waals surface area (Å²) < 4.78 is 64.6. The van der Waals surface area contributed by atoms with Crippen LogP contribution in [0.5, 0.6) is 0 Å². The SMILES string of the molecule is CC1C2(c3ccc(F)cc3)OC(=N)C1(C#N)C(C#N)(C#N)C(c1ccc(C(F)(F)F)cc1)O2. The van der Waals surface area contributed by atoms with Crippen LogP contribution in [0, 0.1) is 62.0 Å². The zero-order chi connectivity index (χ0) is 24.2. The molecule has 2 aliphatic rings. The number of alkyl halides is 3. The molecule has 10 heteroatoms. The summed E-state index contributed by atoms with van der Waals surface area (Å²) in [6.45, 7) is 1.47. The maximum Gasteiger partial charge on any atom is 0.416 e. The summed E-state index contributed by atoms with van der Waals surface area (Å²) >= 11 is 0. The predicted octanol–water partition coefficient (Wildman–Crippen LogP) is 4.96. The van der Waals surface area contributed by atoms with E-state index in [9.17, 15) is 33.3 Å². The Kier molecular flexibility index (Phi) is 4.74. The zero-order valence-corrected chi connectivity index (χ0v) is 16.9. The summed E-state index contributed by atoms with van der Waals surface area (Å²) in [5.74, 6) is -4.18. The molecule has 0 amide bonds. The average molecular weight is 454 g/mol. The fourth-order valence-corrected chi connectivity index (χ4v) is 4.70. The molecule has 1 N–H and O–H groups in total. The highest BCUT2D eigenvalue weighted by molar-refractivity contribution is 5.89. The molecule has 0 radical (unpaired) electrons. The monoisotopic (exact) mass is 454 g/mol. The lowest BCUT2D eigenvalue weighted by molar-refractivity contribution is -0.288. The topological polar surface area (TPSA) is 114 Å². The number of nitrogens with one attached hydrogen (secondary N) is 1. The number of halogens is 4. The molecule has 2 aromatic rings. The molecule has 2 aromatic carbocycles. The van der Waals surface area contributed by atoms with E-state index in [1.165, 1.54) is 19.1 Å². The molecule has 2 fully saturated rings. The minimum Gasteiger partial charge on any atom is -0.443 e. The van der Waals surface area contributed by atoms with E-state index in [1.54, 1.807) is 12.1 Å². The van der Waals surface area contributed by atoms with E-state index in [1.807, 2.05) is 6.07 Å². The minimum atomic E-state index is -4.62. The molecule has 166 valence electrons. The van der Waals surface area contributed by atoms with Crippen molar-refractivity contribution in [2.24, 2.45) is 16.7 Å². The van der Waals surface area contributed by atoms with E-state index >= 15 is 0 Å². The van der Waals surface area contributed by atoms with Gasteiger partial charge in [0.05, 0.1) is 29.7 Å². The maximum atomic E-state index is 13.6. The third-order valence-corrected chi connectivity index (χ3v) is 6.46. The molecule has 2 bridgehead atoms. The lowest BCUT2D eigenvalue weighted by Gasteiger charge is -2.48. The van der Waals surface area contributed by atoms with Gasteiger partial charge in [-0.2, -0.15) is 29.0 Å². The van der Waals surface area contributed by atoms with Crippen molar-refractivity contribution < 1.29 is 27.0 Å². The highest BCUT2D eigenvalue weighted by Crippen LogP contribution is 2.68. The number of hydrogen-bond acceptors (Lipinski definition) is 6. The largest absolute Gasteiger partial charge is 0.443 e. The van der Waals surface area contributed by atoms with Gasteiger partial charge in [0.25, 0.3) is 0 Å². The number of hydrogen-bond donors (Lipinski definition) is 1. The van der Waals surface area contributed by atoms with Crippen molar-refractivity contribution in [1.82, 2.24) is 0 Å². The van der Waals surface area contributed by atoms with Gasteiger partial charge in [0.15, 0.2) is 5.41 Å². The average Bonchev–Trinajstić information content (AvgIpc) is 2.95. The van der Waals surface area contributed by atoms with E-state index < -0.39 is 52.1 Å². The lowest BCUT2D eigenvalue weighted by atomic mass is 9.53. The van der Waals surface area contributed by atoms with E-state index in [2.05, 4.69) is 0 Å². The second-order valence-corrected chi connectivity index (χ2v) is 7.90. The zero-order valence-electron chi connectivity index (χ0n) is 16.9. The normalized spacial score (nSPS) is 29.9. The van der Waals surface area contributed by atoms with Crippen molar-refractivity contribution in [3.8, 4) is 18.2 Å². The molecule has 0 aliphatic carbocycles. The summed E-state index contributed by atoms with van der Waals surface area (Å²) in [5.41, 5.74) is -5.15. The van der Waals surface area contributed by atoms with Crippen molar-refractivity contribution in [2.75, 3.05) is 0 Å². The molecular formula is C23H14F4N4O2. The number of fused-ring (bicyclic) bond motifs is 2. The van der Waals surface area contributed by atoms with Crippen LogP contribution in [0.1, 0.15) is 29.7 Å². The highest BCUT2D eigenvalue weighted by Gasteiger charge is 2.79. The number of benzene rings is 2. The molecule has 2 aliphatic heterocycles. The van der Waals surface area contributed by atoms with Crippen LogP contribution in [-0.2, 0) is 21.4 Å². The standard InChI is InChI=1S/C23H14F4N4O2/c1-13-21(12-30)19(31)33-22(13,15-6-8-17(24)9-7-15)32-18(20(21,10-28)11-29)14-2-4-16(5-3-14)23(25,26)27/h2-9,13,18,31H,1H3. The van der Waals surface area contributed by atoms with Gasteiger partial charge in [-0.05, 0) is 42.0 Å². The van der Waals surface area contributed by atoms with Gasteiger partial charge < -0.3 is 9.47 Å². The molecule has 2 saturated heterocycles. The van der Waals surface area contributed by atoms with Gasteiger partial charge in [-0.3, -0.25) is 5.41 Å². The van der Waals surface area contributed by atoms with Crippen molar-refractivity contribution in [3.63, 3.8) is 0 Å². The van der Waals surface area contributed by atoms with Gasteiger partial charge in [-0.1, -0.05) is 19.1 Å². The van der Waals surface area contributed by atoms with Crippen LogP contribution in [0.15, 0.2) is 48.5 Å². The lowest BCUT2D eigenvalue weighted by Crippen LogP contribution is -2.57. The smallest absolute Gasteiger partial charge is 0.416 e. The Bertz CT molecular complexity index is 1240. The summed E-state index contributed by atoms with van der Waals surface area (Å²) in [4.78, 5) is 0. The van der Waals surface area contributed by atoms with Gasteiger partial charge >= 0.3 is 6.18 Å². The number of nitriles is 3. The van der Waals surface area contributed by atoms with Crippen LogP contribution in [0.4, 0.5) is 17.6 Å². The van der Waals surface area contributed by atoms with Gasteiger partial charge in [0.1, 0.15) is 11.9 Å². The highest BCUT2D eigenvalue weighted by atomic mass is 19.4. The van der Waals surface area contributed by atoms with Crippen LogP contribution in [0.3, 0.4) is 0 Å². The summed E-state index contributed by atoms with van der Waals surface area (Å²) in [5, 5.41) is 38.9. The molecule has 0 aromatic heterocycles. The van der Waals surface area contributed by atoms with Gasteiger partial charge in [0, 0.05) is 5.56 Å². The predicted molar refractivity (Wildman–Crippen MR) is 103 cm³/mol. The summed E-state index contributed by atoms with van der Waals surface area (Å²) in [7, 11) is 0. The number of ether oxygens (including phenoxy) is 2. The van der Waals surface area contributed by atoms with Crippen LogP contribution in [0.2, 0.25) is 0 Å². The second-order valence-electron chi connectivity index (χ2n) is 7.90. The minimum absolute atomic E-state index is 0.0161. The van der Waals surface area contributed by atoms with Gasteiger partial charge in [-0.15, -0.1) is 0 Å². The van der Waals surface area contributed by atoms with Crippen LogP contribution >= 0.6 is 0 Å². The third-order valence-electron chi connectivity index (χ3n) is 6.46. The van der Waals surface area contributed by atoms with Gasteiger partial charge in [0.2, 0.25) is 17.1 Å². The van der Waals surface area contributed by atoms with E-state index in [0.29, 0.717) is 0 Å². The Morgan fingerprint density at radius 3 is 2.00 bits per heavy atom. The summed E-state index contributed by atoms with van der Waals surface area (Å²) in [6.07, 6.45) is -6.17. The quantitative estimate of drug-likeness (QED) is 0.645. The molecule has 4 rings (SSSR count). The van der Waals surface area contributed by atoms with Crippen molar-refractivity contribution >= 4 is 5.90 Å². The molecule has 4 unspecified atom stereocenters. The van der Waals surface area contributed by atoms with Crippen molar-refractivity contribution in [1.29, 1.82) is 21.2 Å². The van der Waals surface area contributed by atoms with Crippen LogP contribution in [0.25, 0.3) is 0 Å². The van der Waals surface area contributed by atoms with Crippen LogP contribution in [-0.4, -0.2) is 5.90 Å². The fraction of sp³-hybridized carbons (Fsp3) is 0.304. The Morgan fingerprint density at radius 2 is 1.52 bits per heavy atom. The first-order valence-electron chi connectivity index (χ1n) is 9.65. The molecule has 33 heavy (non-hydrogen) atoms. The molecule has 0 spiro atoms. The molecule has 6 nitrogen and oxygen atoms in total. The Balaban J connectivity index is 1.98. The summed E-state index contributed by atoms with van der Waals surface area (Å²) in [6, 6.07) is 14.1. The van der Waals surface area contributed by atoms with Crippen LogP contribution < -0.4 is 0 Å². The van der Waals surface area contributed by atoms with E-state index in [4.69, 9.17) is 14.9 Å². The second kappa shape index (κ2) is 7.03.